The predicted molar refractivity (Wildman–Crippen MR) is 130 cm³/mol. The smallest absolute Gasteiger partial charge is 0.355 e. The van der Waals surface area contributed by atoms with Crippen molar-refractivity contribution in [2.24, 2.45) is 0 Å². The SMILES string of the molecule is CCO[C@H]1CO[C@H]2C(=CN(N(C)C)C(=O)N2S(=O)(=O)c2ccc(C)cc2)[C@H]1OC(=O)c1ccccc1. The van der Waals surface area contributed by atoms with Gasteiger partial charge in [0.15, 0.2) is 12.3 Å². The molecule has 3 atom stereocenters. The quantitative estimate of drug-likeness (QED) is 0.519. The maximum absolute atomic E-state index is 13.7. The van der Waals surface area contributed by atoms with Crippen LogP contribution in [0, 0.1) is 6.92 Å². The summed E-state index contributed by atoms with van der Waals surface area (Å²) in [6.45, 7) is 3.85. The van der Waals surface area contributed by atoms with Crippen molar-refractivity contribution >= 4 is 22.0 Å². The largest absolute Gasteiger partial charge is 0.451 e. The van der Waals surface area contributed by atoms with Crippen LogP contribution in [0.15, 0.2) is 71.3 Å². The number of rotatable bonds is 7. The summed E-state index contributed by atoms with van der Waals surface area (Å²) in [5.41, 5.74) is 1.47. The van der Waals surface area contributed by atoms with Crippen LogP contribution in [0.3, 0.4) is 0 Å². The Kier molecular flexibility index (Phi) is 7.46. The monoisotopic (exact) mass is 515 g/mol. The van der Waals surface area contributed by atoms with Crippen LogP contribution in [0.1, 0.15) is 22.8 Å². The number of esters is 1. The molecule has 0 saturated carbocycles. The van der Waals surface area contributed by atoms with Crippen LogP contribution in [0.2, 0.25) is 0 Å². The highest BCUT2D eigenvalue weighted by Crippen LogP contribution is 2.36. The minimum Gasteiger partial charge on any atom is -0.451 e. The van der Waals surface area contributed by atoms with E-state index in [1.54, 1.807) is 63.5 Å². The molecule has 0 aromatic heterocycles. The second kappa shape index (κ2) is 10.4. The third kappa shape index (κ3) is 4.87. The number of urea groups is 1. The van der Waals surface area contributed by atoms with Crippen molar-refractivity contribution in [3.8, 4) is 0 Å². The Morgan fingerprint density at radius 3 is 2.39 bits per heavy atom. The fraction of sp³-hybridized carbons (Fsp3) is 0.360. The van der Waals surface area contributed by atoms with Crippen molar-refractivity contribution in [3.05, 3.63) is 77.5 Å². The van der Waals surface area contributed by atoms with E-state index >= 15 is 0 Å². The molecule has 0 N–H and O–H groups in total. The Morgan fingerprint density at radius 2 is 1.78 bits per heavy atom. The zero-order chi connectivity index (χ0) is 26.0. The summed E-state index contributed by atoms with van der Waals surface area (Å²) < 4.78 is 45.7. The molecule has 0 aliphatic carbocycles. The van der Waals surface area contributed by atoms with Gasteiger partial charge in [0.1, 0.15) is 6.10 Å². The number of benzene rings is 2. The van der Waals surface area contributed by atoms with E-state index in [4.69, 9.17) is 14.2 Å². The van der Waals surface area contributed by atoms with E-state index in [0.29, 0.717) is 16.5 Å². The summed E-state index contributed by atoms with van der Waals surface area (Å²) in [5, 5.41) is 2.57. The molecule has 2 aliphatic heterocycles. The molecule has 0 bridgehead atoms. The highest BCUT2D eigenvalue weighted by Gasteiger charge is 2.51. The number of carbonyl (C=O) groups is 2. The van der Waals surface area contributed by atoms with E-state index in [1.807, 2.05) is 6.92 Å². The van der Waals surface area contributed by atoms with Gasteiger partial charge in [-0.05, 0) is 38.1 Å². The van der Waals surface area contributed by atoms with Crippen LogP contribution in [-0.4, -0.2) is 80.5 Å². The molecule has 2 amide bonds. The molecule has 192 valence electrons. The maximum Gasteiger partial charge on any atom is 0.355 e. The Bertz CT molecular complexity index is 1250. The summed E-state index contributed by atoms with van der Waals surface area (Å²) in [4.78, 5) is 26.4. The van der Waals surface area contributed by atoms with Gasteiger partial charge in [-0.2, -0.15) is 4.31 Å². The van der Waals surface area contributed by atoms with Crippen molar-refractivity contribution < 1.29 is 32.2 Å². The molecular weight excluding hydrogens is 486 g/mol. The Labute approximate surface area is 210 Å². The number of ether oxygens (including phenoxy) is 3. The number of sulfonamides is 1. The van der Waals surface area contributed by atoms with Gasteiger partial charge in [-0.15, -0.1) is 0 Å². The average Bonchev–Trinajstić information content (AvgIpc) is 2.85. The van der Waals surface area contributed by atoms with Crippen LogP contribution in [0.4, 0.5) is 4.79 Å². The molecule has 2 heterocycles. The summed E-state index contributed by atoms with van der Waals surface area (Å²) in [7, 11) is -1.13. The fourth-order valence-electron chi connectivity index (χ4n) is 4.05. The van der Waals surface area contributed by atoms with Crippen molar-refractivity contribution in [1.82, 2.24) is 14.3 Å². The highest BCUT2D eigenvalue weighted by molar-refractivity contribution is 7.89. The third-order valence-electron chi connectivity index (χ3n) is 5.87. The van der Waals surface area contributed by atoms with Crippen LogP contribution in [0.25, 0.3) is 0 Å². The van der Waals surface area contributed by atoms with Gasteiger partial charge < -0.3 is 14.2 Å². The first-order chi connectivity index (χ1) is 17.1. The normalized spacial score (nSPS) is 22.3. The molecule has 36 heavy (non-hydrogen) atoms. The van der Waals surface area contributed by atoms with Crippen LogP contribution >= 0.6 is 0 Å². The van der Waals surface area contributed by atoms with Gasteiger partial charge >= 0.3 is 12.0 Å². The third-order valence-corrected chi connectivity index (χ3v) is 7.61. The molecule has 1 saturated heterocycles. The van der Waals surface area contributed by atoms with Gasteiger partial charge in [0.25, 0.3) is 10.0 Å². The second-order valence-electron chi connectivity index (χ2n) is 8.59. The molecule has 4 rings (SSSR count). The van der Waals surface area contributed by atoms with Crippen molar-refractivity contribution in [1.29, 1.82) is 0 Å². The number of amides is 2. The lowest BCUT2D eigenvalue weighted by Gasteiger charge is -2.46. The van der Waals surface area contributed by atoms with Crippen LogP contribution in [0.5, 0.6) is 0 Å². The fourth-order valence-corrected chi connectivity index (χ4v) is 5.48. The lowest BCUT2D eigenvalue weighted by Crippen LogP contribution is -2.62. The number of nitrogens with zero attached hydrogens (tertiary/aromatic N) is 3. The summed E-state index contributed by atoms with van der Waals surface area (Å²) in [5.74, 6) is -0.604. The first-order valence-electron chi connectivity index (χ1n) is 11.5. The minimum absolute atomic E-state index is 0.0604. The predicted octanol–water partition coefficient (Wildman–Crippen LogP) is 2.77. The minimum atomic E-state index is -4.33. The second-order valence-corrected chi connectivity index (χ2v) is 10.4. The Hall–Kier alpha value is -3.25. The average molecular weight is 516 g/mol. The maximum atomic E-state index is 13.7. The van der Waals surface area contributed by atoms with Crippen LogP contribution in [-0.2, 0) is 24.2 Å². The van der Waals surface area contributed by atoms with Gasteiger partial charge in [-0.25, -0.2) is 28.0 Å². The molecule has 0 radical (unpaired) electrons. The van der Waals surface area contributed by atoms with E-state index < -0.39 is 40.5 Å². The van der Waals surface area contributed by atoms with Crippen LogP contribution < -0.4 is 0 Å². The Balaban J connectivity index is 1.78. The molecule has 0 unspecified atom stereocenters. The number of carbonyl (C=O) groups excluding carboxylic acids is 2. The standard InChI is InChI=1S/C25H29N3O7S/c1-5-33-21-16-34-23-20(22(21)35-24(29)18-9-7-6-8-10-18)15-27(26(3)4)25(30)28(23)36(31,32)19-13-11-17(2)12-14-19/h6-15,21-23H,5,16H2,1-4H3/t21-,22+,23-/m0/s1. The van der Waals surface area contributed by atoms with Crippen molar-refractivity contribution in [3.63, 3.8) is 0 Å². The number of aryl methyl sites for hydroxylation is 1. The molecule has 2 aromatic carbocycles. The molecule has 10 nitrogen and oxygen atoms in total. The Morgan fingerprint density at radius 1 is 1.11 bits per heavy atom. The lowest BCUT2D eigenvalue weighted by atomic mass is 9.99. The van der Waals surface area contributed by atoms with E-state index in [0.717, 1.165) is 10.6 Å². The van der Waals surface area contributed by atoms with E-state index in [1.165, 1.54) is 23.3 Å². The first-order valence-corrected chi connectivity index (χ1v) is 12.9. The van der Waals surface area contributed by atoms with E-state index in [-0.39, 0.29) is 17.1 Å². The van der Waals surface area contributed by atoms with E-state index in [9.17, 15) is 18.0 Å². The zero-order valence-electron chi connectivity index (χ0n) is 20.5. The van der Waals surface area contributed by atoms with Crippen molar-refractivity contribution in [2.75, 3.05) is 27.3 Å². The summed E-state index contributed by atoms with van der Waals surface area (Å²) in [6, 6.07) is 13.8. The molecule has 2 aliphatic rings. The van der Waals surface area contributed by atoms with E-state index in [2.05, 4.69) is 0 Å². The molecule has 1 fully saturated rings. The molecular formula is C25H29N3O7S. The zero-order valence-corrected chi connectivity index (χ0v) is 21.3. The number of hydrazine groups is 1. The summed E-state index contributed by atoms with van der Waals surface area (Å²) >= 11 is 0. The van der Waals surface area contributed by atoms with Gasteiger partial charge in [0.2, 0.25) is 0 Å². The molecule has 0 spiro atoms. The highest BCUT2D eigenvalue weighted by atomic mass is 32.2. The van der Waals surface area contributed by atoms with Crippen molar-refractivity contribution in [2.45, 2.75) is 37.2 Å². The summed E-state index contributed by atoms with van der Waals surface area (Å²) in [6.07, 6.45) is -1.57. The number of hydrogen-bond acceptors (Lipinski definition) is 8. The van der Waals surface area contributed by atoms with Gasteiger partial charge in [0, 0.05) is 32.5 Å². The first kappa shape index (κ1) is 25.8. The molecule has 11 heteroatoms. The van der Waals surface area contributed by atoms with Gasteiger partial charge in [-0.3, -0.25) is 0 Å². The number of hydrogen-bond donors (Lipinski definition) is 0. The van der Waals surface area contributed by atoms with Gasteiger partial charge in [0.05, 0.1) is 17.1 Å². The topological polar surface area (TPSA) is 106 Å². The molecule has 2 aromatic rings. The number of fused-ring (bicyclic) bond motifs is 1. The lowest BCUT2D eigenvalue weighted by molar-refractivity contribution is -0.138. The van der Waals surface area contributed by atoms with Gasteiger partial charge in [-0.1, -0.05) is 35.9 Å².